The minimum Gasteiger partial charge on any atom is -0.481 e. The summed E-state index contributed by atoms with van der Waals surface area (Å²) in [6.45, 7) is 3.65. The molecule has 1 aliphatic heterocycles. The van der Waals surface area contributed by atoms with Gasteiger partial charge in [-0.15, -0.1) is 0 Å². The number of benzene rings is 2. The lowest BCUT2D eigenvalue weighted by Gasteiger charge is -2.39. The van der Waals surface area contributed by atoms with Crippen molar-refractivity contribution in [3.8, 4) is 5.88 Å². The third-order valence-electron chi connectivity index (χ3n) is 5.07. The average molecular weight is 430 g/mol. The van der Waals surface area contributed by atoms with E-state index in [0.717, 1.165) is 6.07 Å². The first kappa shape index (κ1) is 20.1. The molecule has 0 saturated carbocycles. The SMILES string of the molecule is COc1ccc(N2CN(c3ccc(F)cc3C)c3cc(Cl)c(F)cc3C2=O)c(C)n1. The van der Waals surface area contributed by atoms with Gasteiger partial charge in [0.25, 0.3) is 5.91 Å². The molecule has 8 heteroatoms. The summed E-state index contributed by atoms with van der Waals surface area (Å²) < 4.78 is 33.1. The highest BCUT2D eigenvalue weighted by atomic mass is 35.5. The Kier molecular flexibility index (Phi) is 5.07. The van der Waals surface area contributed by atoms with E-state index in [2.05, 4.69) is 4.98 Å². The van der Waals surface area contributed by atoms with Crippen LogP contribution in [0.2, 0.25) is 5.02 Å². The fourth-order valence-corrected chi connectivity index (χ4v) is 3.76. The van der Waals surface area contributed by atoms with Gasteiger partial charge in [-0.2, -0.15) is 0 Å². The van der Waals surface area contributed by atoms with Crippen LogP contribution in [0.25, 0.3) is 0 Å². The van der Waals surface area contributed by atoms with Gasteiger partial charge in [0.2, 0.25) is 5.88 Å². The number of carbonyl (C=O) groups is 1. The number of methoxy groups -OCH3 is 1. The standard InChI is InChI=1S/C22H18ClF2N3O2/c1-12-8-14(24)4-5-18(12)27-11-28(19-6-7-21(30-3)26-13(19)2)22(29)15-9-17(25)16(23)10-20(15)27/h4-10H,11H2,1-3H3. The Morgan fingerprint density at radius 2 is 1.73 bits per heavy atom. The number of nitrogens with zero attached hydrogens (tertiary/aromatic N) is 3. The Bertz CT molecular complexity index is 1170. The number of rotatable bonds is 3. The predicted octanol–water partition coefficient (Wildman–Crippen LogP) is 5.39. The van der Waals surface area contributed by atoms with Crippen LogP contribution in [0.5, 0.6) is 5.88 Å². The van der Waals surface area contributed by atoms with Gasteiger partial charge in [-0.05, 0) is 55.8 Å². The molecular formula is C22H18ClF2N3O2. The van der Waals surface area contributed by atoms with Crippen LogP contribution in [0.4, 0.5) is 25.8 Å². The van der Waals surface area contributed by atoms with Crippen LogP contribution in [0.3, 0.4) is 0 Å². The first-order valence-electron chi connectivity index (χ1n) is 9.16. The monoisotopic (exact) mass is 429 g/mol. The molecule has 1 aromatic heterocycles. The first-order chi connectivity index (χ1) is 14.3. The van der Waals surface area contributed by atoms with Crippen molar-refractivity contribution in [1.82, 2.24) is 4.98 Å². The number of fused-ring (bicyclic) bond motifs is 1. The maximum Gasteiger partial charge on any atom is 0.262 e. The summed E-state index contributed by atoms with van der Waals surface area (Å²) in [4.78, 5) is 20.9. The summed E-state index contributed by atoms with van der Waals surface area (Å²) in [6.07, 6.45) is 0. The largest absolute Gasteiger partial charge is 0.481 e. The fourth-order valence-electron chi connectivity index (χ4n) is 3.60. The number of carbonyl (C=O) groups excluding carboxylic acids is 1. The summed E-state index contributed by atoms with van der Waals surface area (Å²) in [7, 11) is 1.51. The molecule has 2 aromatic carbocycles. The van der Waals surface area contributed by atoms with Crippen molar-refractivity contribution in [2.75, 3.05) is 23.6 Å². The Hall–Kier alpha value is -3.19. The molecule has 1 amide bonds. The molecule has 0 radical (unpaired) electrons. The summed E-state index contributed by atoms with van der Waals surface area (Å²) in [5.74, 6) is -1.02. The molecule has 2 heterocycles. The molecule has 0 aliphatic carbocycles. The number of aryl methyl sites for hydroxylation is 2. The smallest absolute Gasteiger partial charge is 0.262 e. The quantitative estimate of drug-likeness (QED) is 0.559. The van der Waals surface area contributed by atoms with E-state index < -0.39 is 5.82 Å². The molecule has 1 aliphatic rings. The van der Waals surface area contributed by atoms with Crippen molar-refractivity contribution in [3.05, 3.63) is 75.9 Å². The van der Waals surface area contributed by atoms with Crippen LogP contribution >= 0.6 is 11.6 Å². The van der Waals surface area contributed by atoms with Gasteiger partial charge in [-0.1, -0.05) is 11.6 Å². The van der Waals surface area contributed by atoms with Crippen molar-refractivity contribution in [3.63, 3.8) is 0 Å². The van der Waals surface area contributed by atoms with Gasteiger partial charge in [0.05, 0.1) is 34.8 Å². The topological polar surface area (TPSA) is 45.7 Å². The molecule has 0 spiro atoms. The zero-order chi connectivity index (χ0) is 21.6. The maximum atomic E-state index is 14.2. The van der Waals surface area contributed by atoms with E-state index in [1.54, 1.807) is 36.9 Å². The Labute approximate surface area is 177 Å². The molecule has 0 atom stereocenters. The van der Waals surface area contributed by atoms with E-state index in [0.29, 0.717) is 34.2 Å². The Morgan fingerprint density at radius 1 is 1.00 bits per heavy atom. The highest BCUT2D eigenvalue weighted by Crippen LogP contribution is 2.40. The van der Waals surface area contributed by atoms with Crippen LogP contribution in [-0.4, -0.2) is 24.7 Å². The lowest BCUT2D eigenvalue weighted by molar-refractivity contribution is 0.0983. The summed E-state index contributed by atoms with van der Waals surface area (Å²) in [5, 5.41) is -0.0953. The highest BCUT2D eigenvalue weighted by molar-refractivity contribution is 6.31. The van der Waals surface area contributed by atoms with Crippen LogP contribution in [0, 0.1) is 25.5 Å². The third kappa shape index (κ3) is 3.35. The summed E-state index contributed by atoms with van der Waals surface area (Å²) >= 11 is 6.01. The van der Waals surface area contributed by atoms with Gasteiger partial charge in [0.1, 0.15) is 18.3 Å². The molecule has 0 N–H and O–H groups in total. The zero-order valence-electron chi connectivity index (χ0n) is 16.5. The first-order valence-corrected chi connectivity index (χ1v) is 9.54. The number of anilines is 3. The molecule has 0 bridgehead atoms. The average Bonchev–Trinajstić information content (AvgIpc) is 2.71. The third-order valence-corrected chi connectivity index (χ3v) is 5.36. The lowest BCUT2D eigenvalue weighted by atomic mass is 10.0. The van der Waals surface area contributed by atoms with Gasteiger partial charge in [0.15, 0.2) is 0 Å². The van der Waals surface area contributed by atoms with Crippen molar-refractivity contribution >= 4 is 34.6 Å². The summed E-state index contributed by atoms with van der Waals surface area (Å²) in [5.41, 5.74) is 3.10. The minimum absolute atomic E-state index is 0.0953. The normalized spacial score (nSPS) is 13.5. The highest BCUT2D eigenvalue weighted by Gasteiger charge is 2.33. The number of hydrogen-bond acceptors (Lipinski definition) is 4. The predicted molar refractivity (Wildman–Crippen MR) is 112 cm³/mol. The Morgan fingerprint density at radius 3 is 2.40 bits per heavy atom. The second-order valence-electron chi connectivity index (χ2n) is 6.98. The number of halogens is 3. The molecule has 5 nitrogen and oxygen atoms in total. The number of amides is 1. The van der Waals surface area contributed by atoms with E-state index in [9.17, 15) is 13.6 Å². The van der Waals surface area contributed by atoms with E-state index in [1.165, 1.54) is 30.2 Å². The molecule has 30 heavy (non-hydrogen) atoms. The van der Waals surface area contributed by atoms with Gasteiger partial charge in [-0.25, -0.2) is 13.8 Å². The number of hydrogen-bond donors (Lipinski definition) is 0. The summed E-state index contributed by atoms with van der Waals surface area (Å²) in [6, 6.07) is 10.3. The van der Waals surface area contributed by atoms with Gasteiger partial charge < -0.3 is 9.64 Å². The second-order valence-corrected chi connectivity index (χ2v) is 7.38. The molecular weight excluding hydrogens is 412 g/mol. The fraction of sp³-hybridized carbons (Fsp3) is 0.182. The van der Waals surface area contributed by atoms with E-state index in [1.807, 2.05) is 0 Å². The van der Waals surface area contributed by atoms with Crippen LogP contribution in [0.1, 0.15) is 21.6 Å². The second kappa shape index (κ2) is 7.57. The lowest BCUT2D eigenvalue weighted by Crippen LogP contribution is -2.45. The van der Waals surface area contributed by atoms with Crippen LogP contribution in [0.15, 0.2) is 42.5 Å². The van der Waals surface area contributed by atoms with Crippen molar-refractivity contribution in [2.45, 2.75) is 13.8 Å². The number of pyridine rings is 1. The zero-order valence-corrected chi connectivity index (χ0v) is 17.3. The molecule has 0 fully saturated rings. The van der Waals surface area contributed by atoms with E-state index in [4.69, 9.17) is 16.3 Å². The van der Waals surface area contributed by atoms with Crippen molar-refractivity contribution in [1.29, 1.82) is 0 Å². The van der Waals surface area contributed by atoms with Crippen molar-refractivity contribution < 1.29 is 18.3 Å². The molecule has 3 aromatic rings. The molecule has 154 valence electrons. The van der Waals surface area contributed by atoms with E-state index in [-0.39, 0.29) is 29.0 Å². The maximum absolute atomic E-state index is 14.2. The molecule has 0 unspecified atom stereocenters. The minimum atomic E-state index is -0.689. The van der Waals surface area contributed by atoms with E-state index >= 15 is 0 Å². The van der Waals surface area contributed by atoms with Crippen molar-refractivity contribution in [2.24, 2.45) is 0 Å². The molecule has 4 rings (SSSR count). The number of aromatic nitrogens is 1. The van der Waals surface area contributed by atoms with Gasteiger partial charge in [-0.3, -0.25) is 9.69 Å². The van der Waals surface area contributed by atoms with Crippen LogP contribution in [-0.2, 0) is 0 Å². The Balaban J connectivity index is 1.90. The number of ether oxygens (including phenoxy) is 1. The van der Waals surface area contributed by atoms with Gasteiger partial charge in [0, 0.05) is 11.8 Å². The molecule has 0 saturated heterocycles. The van der Waals surface area contributed by atoms with Crippen LogP contribution < -0.4 is 14.5 Å². The van der Waals surface area contributed by atoms with Gasteiger partial charge >= 0.3 is 0 Å².